The Balaban J connectivity index is 2.16. The van der Waals surface area contributed by atoms with E-state index in [1.165, 1.54) is 19.4 Å². The molecule has 2 heteroatoms. The van der Waals surface area contributed by atoms with Crippen LogP contribution in [0.25, 0.3) is 0 Å². The van der Waals surface area contributed by atoms with Gasteiger partial charge in [-0.25, -0.2) is 0 Å². The van der Waals surface area contributed by atoms with E-state index >= 15 is 0 Å². The molecule has 0 aromatic rings. The quantitative estimate of drug-likeness (QED) is 0.483. The highest BCUT2D eigenvalue weighted by atomic mass is 15.0. The minimum Gasteiger partial charge on any atom is -0.391 e. The molecule has 0 amide bonds. The Labute approximate surface area is 55.3 Å². The van der Waals surface area contributed by atoms with Crippen LogP contribution in [-0.2, 0) is 0 Å². The lowest BCUT2D eigenvalue weighted by Crippen LogP contribution is -2.30. The number of hydrogen-bond donors (Lipinski definition) is 2. The normalized spacial score (nSPS) is 32.9. The van der Waals surface area contributed by atoms with E-state index in [1.807, 2.05) is 0 Å². The first-order valence-corrected chi connectivity index (χ1v) is 3.62. The van der Waals surface area contributed by atoms with Crippen molar-refractivity contribution in [1.82, 2.24) is 10.6 Å². The van der Waals surface area contributed by atoms with Gasteiger partial charge in [0.15, 0.2) is 0 Å². The van der Waals surface area contributed by atoms with E-state index in [2.05, 4.69) is 16.8 Å². The van der Waals surface area contributed by atoms with Gasteiger partial charge < -0.3 is 10.6 Å². The monoisotopic (exact) mass is 124 g/mol. The van der Waals surface area contributed by atoms with Crippen LogP contribution in [0, 0.1) is 0 Å². The van der Waals surface area contributed by atoms with Gasteiger partial charge in [0.1, 0.15) is 0 Å². The Morgan fingerprint density at radius 1 is 1.44 bits per heavy atom. The number of rotatable bonds is 0. The summed E-state index contributed by atoms with van der Waals surface area (Å²) in [5.41, 5.74) is 1.57. The van der Waals surface area contributed by atoms with Crippen LogP contribution in [-0.4, -0.2) is 19.1 Å². The first-order valence-electron chi connectivity index (χ1n) is 3.62. The second-order valence-corrected chi connectivity index (χ2v) is 2.72. The van der Waals surface area contributed by atoms with Crippen LogP contribution in [0.3, 0.4) is 0 Å². The van der Waals surface area contributed by atoms with Gasteiger partial charge in [0, 0.05) is 12.6 Å². The molecule has 50 valence electrons. The minimum atomic E-state index is 0.714. The van der Waals surface area contributed by atoms with Crippen molar-refractivity contribution in [1.29, 1.82) is 0 Å². The first kappa shape index (κ1) is 5.30. The fourth-order valence-corrected chi connectivity index (χ4v) is 1.59. The summed E-state index contributed by atoms with van der Waals surface area (Å²) in [6.45, 7) is 2.32. The van der Waals surface area contributed by atoms with Crippen LogP contribution >= 0.6 is 0 Å². The number of hydrogen-bond acceptors (Lipinski definition) is 2. The van der Waals surface area contributed by atoms with Crippen molar-refractivity contribution in [3.05, 3.63) is 11.8 Å². The maximum Gasteiger partial charge on any atom is 0.0313 e. The number of fused-ring (bicyclic) bond motifs is 1. The fraction of sp³-hybridized carbons (Fsp3) is 0.714. The van der Waals surface area contributed by atoms with E-state index in [0.717, 1.165) is 6.54 Å². The third kappa shape index (κ3) is 0.833. The standard InChI is InChI=1S/C7H12N2/c1-4-9-7-2-3-8-5-6(1)7/h5,7-9H,1-4H2. The molecule has 2 rings (SSSR count). The van der Waals surface area contributed by atoms with Gasteiger partial charge in [0.2, 0.25) is 0 Å². The maximum atomic E-state index is 3.45. The van der Waals surface area contributed by atoms with Crippen molar-refractivity contribution >= 4 is 0 Å². The van der Waals surface area contributed by atoms with Gasteiger partial charge in [-0.15, -0.1) is 0 Å². The van der Waals surface area contributed by atoms with Gasteiger partial charge in [0.25, 0.3) is 0 Å². The third-order valence-electron chi connectivity index (χ3n) is 2.12. The molecule has 2 N–H and O–H groups in total. The van der Waals surface area contributed by atoms with Gasteiger partial charge in [-0.2, -0.15) is 0 Å². The second-order valence-electron chi connectivity index (χ2n) is 2.72. The predicted octanol–water partition coefficient (Wildman–Crippen LogP) is 0.225. The van der Waals surface area contributed by atoms with Gasteiger partial charge in [-0.3, -0.25) is 0 Å². The summed E-state index contributed by atoms with van der Waals surface area (Å²) < 4.78 is 0. The lowest BCUT2D eigenvalue weighted by atomic mass is 10.0. The van der Waals surface area contributed by atoms with Crippen molar-refractivity contribution < 1.29 is 0 Å². The van der Waals surface area contributed by atoms with E-state index in [0.29, 0.717) is 6.04 Å². The SMILES string of the molecule is C1=C2CCNC2CCN1. The van der Waals surface area contributed by atoms with E-state index in [-0.39, 0.29) is 0 Å². The molecule has 1 fully saturated rings. The lowest BCUT2D eigenvalue weighted by molar-refractivity contribution is 0.572. The average molecular weight is 124 g/mol. The summed E-state index contributed by atoms with van der Waals surface area (Å²) in [7, 11) is 0. The van der Waals surface area contributed by atoms with Crippen LogP contribution < -0.4 is 10.6 Å². The zero-order chi connectivity index (χ0) is 6.10. The van der Waals surface area contributed by atoms with Crippen molar-refractivity contribution in [3.8, 4) is 0 Å². The van der Waals surface area contributed by atoms with E-state index in [4.69, 9.17) is 0 Å². The molecule has 0 aromatic carbocycles. The summed E-state index contributed by atoms with van der Waals surface area (Å²) in [6, 6.07) is 0.714. The van der Waals surface area contributed by atoms with Crippen LogP contribution in [0.2, 0.25) is 0 Å². The predicted molar refractivity (Wildman–Crippen MR) is 37.1 cm³/mol. The van der Waals surface area contributed by atoms with Crippen LogP contribution in [0.15, 0.2) is 11.8 Å². The average Bonchev–Trinajstić information content (AvgIpc) is 2.33. The maximum absolute atomic E-state index is 3.45. The van der Waals surface area contributed by atoms with Crippen molar-refractivity contribution in [3.63, 3.8) is 0 Å². The van der Waals surface area contributed by atoms with Crippen molar-refractivity contribution in [2.24, 2.45) is 0 Å². The molecule has 0 aliphatic carbocycles. The molecule has 0 bridgehead atoms. The van der Waals surface area contributed by atoms with Gasteiger partial charge in [-0.1, -0.05) is 0 Å². The molecular weight excluding hydrogens is 112 g/mol. The second kappa shape index (κ2) is 2.03. The zero-order valence-electron chi connectivity index (χ0n) is 5.48. The Hall–Kier alpha value is -0.500. The molecule has 2 aliphatic heterocycles. The highest BCUT2D eigenvalue weighted by Gasteiger charge is 2.21. The van der Waals surface area contributed by atoms with Gasteiger partial charge in [0.05, 0.1) is 0 Å². The Morgan fingerprint density at radius 3 is 3.33 bits per heavy atom. The Kier molecular flexibility index (Phi) is 1.19. The Morgan fingerprint density at radius 2 is 2.44 bits per heavy atom. The molecular formula is C7H12N2. The summed E-state index contributed by atoms with van der Waals surface area (Å²) in [5.74, 6) is 0. The van der Waals surface area contributed by atoms with Gasteiger partial charge >= 0.3 is 0 Å². The van der Waals surface area contributed by atoms with Crippen LogP contribution in [0.1, 0.15) is 12.8 Å². The highest BCUT2D eigenvalue weighted by molar-refractivity contribution is 5.17. The number of nitrogens with one attached hydrogen (secondary N) is 2. The Bertz CT molecular complexity index is 140. The smallest absolute Gasteiger partial charge is 0.0313 e. The molecule has 0 saturated carbocycles. The summed E-state index contributed by atoms with van der Waals surface area (Å²) in [4.78, 5) is 0. The molecule has 2 nitrogen and oxygen atoms in total. The molecule has 0 radical (unpaired) electrons. The lowest BCUT2D eigenvalue weighted by Gasteiger charge is -2.17. The third-order valence-corrected chi connectivity index (χ3v) is 2.12. The van der Waals surface area contributed by atoms with Crippen LogP contribution in [0.4, 0.5) is 0 Å². The molecule has 1 atom stereocenters. The molecule has 0 aromatic heterocycles. The van der Waals surface area contributed by atoms with E-state index in [1.54, 1.807) is 5.57 Å². The molecule has 0 spiro atoms. The van der Waals surface area contributed by atoms with Crippen molar-refractivity contribution in [2.45, 2.75) is 18.9 Å². The van der Waals surface area contributed by atoms with Crippen LogP contribution in [0.5, 0.6) is 0 Å². The summed E-state index contributed by atoms with van der Waals surface area (Å²) in [5, 5.41) is 6.70. The largest absolute Gasteiger partial charge is 0.391 e. The molecule has 1 saturated heterocycles. The van der Waals surface area contributed by atoms with Gasteiger partial charge in [-0.05, 0) is 31.2 Å². The molecule has 9 heavy (non-hydrogen) atoms. The fourth-order valence-electron chi connectivity index (χ4n) is 1.59. The topological polar surface area (TPSA) is 24.1 Å². The van der Waals surface area contributed by atoms with E-state index in [9.17, 15) is 0 Å². The minimum absolute atomic E-state index is 0.714. The molecule has 2 heterocycles. The molecule has 1 unspecified atom stereocenters. The van der Waals surface area contributed by atoms with E-state index < -0.39 is 0 Å². The summed E-state index contributed by atoms with van der Waals surface area (Å²) >= 11 is 0. The first-order chi connectivity index (χ1) is 4.47. The van der Waals surface area contributed by atoms with Crippen molar-refractivity contribution in [2.75, 3.05) is 13.1 Å². The summed E-state index contributed by atoms with van der Waals surface area (Å²) in [6.07, 6.45) is 4.69. The zero-order valence-corrected chi connectivity index (χ0v) is 5.48. The molecule has 2 aliphatic rings. The highest BCUT2D eigenvalue weighted by Crippen LogP contribution is 2.17.